The Morgan fingerprint density at radius 1 is 0.750 bits per heavy atom. The molecule has 16 heavy (non-hydrogen) atoms. The SMILES string of the molecule is O=C1CCCC(=O)C1.O=c1cccccc1. The van der Waals surface area contributed by atoms with E-state index in [-0.39, 0.29) is 23.4 Å². The van der Waals surface area contributed by atoms with E-state index in [1.165, 1.54) is 12.1 Å². The van der Waals surface area contributed by atoms with Crippen LogP contribution in [0, 0.1) is 0 Å². The monoisotopic (exact) mass is 218 g/mol. The third kappa shape index (κ3) is 5.20. The van der Waals surface area contributed by atoms with Crippen molar-refractivity contribution < 1.29 is 9.59 Å². The minimum absolute atomic E-state index is 0.0509. The molecule has 0 N–H and O–H groups in total. The summed E-state index contributed by atoms with van der Waals surface area (Å²) in [5.74, 6) is 0.225. The average molecular weight is 218 g/mol. The molecule has 0 saturated heterocycles. The van der Waals surface area contributed by atoms with E-state index < -0.39 is 0 Å². The van der Waals surface area contributed by atoms with E-state index in [1.54, 1.807) is 12.1 Å². The van der Waals surface area contributed by atoms with Crippen molar-refractivity contribution in [2.45, 2.75) is 25.7 Å². The molecule has 1 aromatic carbocycles. The Morgan fingerprint density at radius 2 is 1.25 bits per heavy atom. The lowest BCUT2D eigenvalue weighted by Crippen LogP contribution is -2.13. The van der Waals surface area contributed by atoms with Gasteiger partial charge in [0.25, 0.3) is 0 Å². The summed E-state index contributed by atoms with van der Waals surface area (Å²) in [5, 5.41) is 0. The largest absolute Gasteiger partial charge is 0.299 e. The summed E-state index contributed by atoms with van der Waals surface area (Å²) in [6.07, 6.45) is 2.20. The van der Waals surface area contributed by atoms with E-state index in [4.69, 9.17) is 0 Å². The summed E-state index contributed by atoms with van der Waals surface area (Å²) < 4.78 is 0. The van der Waals surface area contributed by atoms with Gasteiger partial charge in [0.15, 0.2) is 5.43 Å². The number of ketones is 2. The first-order valence-corrected chi connectivity index (χ1v) is 5.27. The van der Waals surface area contributed by atoms with Crippen LogP contribution in [0.25, 0.3) is 0 Å². The molecule has 2 rings (SSSR count). The van der Waals surface area contributed by atoms with E-state index in [9.17, 15) is 14.4 Å². The molecule has 0 amide bonds. The highest BCUT2D eigenvalue weighted by atomic mass is 16.1. The Bertz CT molecular complexity index is 388. The van der Waals surface area contributed by atoms with Gasteiger partial charge >= 0.3 is 0 Å². The minimum atomic E-state index is 0.0509. The Hall–Kier alpha value is -1.77. The maximum atomic E-state index is 10.5. The van der Waals surface area contributed by atoms with E-state index in [2.05, 4.69) is 0 Å². The zero-order valence-electron chi connectivity index (χ0n) is 9.02. The van der Waals surface area contributed by atoms with Crippen molar-refractivity contribution in [1.29, 1.82) is 0 Å². The smallest absolute Gasteiger partial charge is 0.178 e. The molecule has 1 aromatic rings. The topological polar surface area (TPSA) is 51.2 Å². The van der Waals surface area contributed by atoms with Crippen LogP contribution in [0.5, 0.6) is 0 Å². The fraction of sp³-hybridized carbons (Fsp3) is 0.308. The van der Waals surface area contributed by atoms with Gasteiger partial charge < -0.3 is 0 Å². The quantitative estimate of drug-likeness (QED) is 0.623. The Balaban J connectivity index is 0.000000160. The first-order chi connectivity index (χ1) is 7.68. The van der Waals surface area contributed by atoms with Gasteiger partial charge in [-0.1, -0.05) is 24.3 Å². The molecule has 0 bridgehead atoms. The summed E-state index contributed by atoms with van der Waals surface area (Å²) in [6, 6.07) is 10.1. The number of hydrogen-bond donors (Lipinski definition) is 0. The zero-order chi connectivity index (χ0) is 11.8. The fourth-order valence-corrected chi connectivity index (χ4v) is 1.36. The fourth-order valence-electron chi connectivity index (χ4n) is 1.36. The van der Waals surface area contributed by atoms with Crippen LogP contribution in [-0.2, 0) is 9.59 Å². The average Bonchev–Trinajstić information content (AvgIpc) is 2.46. The molecule has 3 nitrogen and oxygen atoms in total. The number of hydrogen-bond acceptors (Lipinski definition) is 3. The van der Waals surface area contributed by atoms with Crippen LogP contribution < -0.4 is 5.43 Å². The molecule has 0 heterocycles. The van der Waals surface area contributed by atoms with Crippen LogP contribution in [-0.4, -0.2) is 11.6 Å². The summed E-state index contributed by atoms with van der Waals surface area (Å²) >= 11 is 0. The second kappa shape index (κ2) is 6.67. The molecule has 1 fully saturated rings. The van der Waals surface area contributed by atoms with E-state index >= 15 is 0 Å². The molecular weight excluding hydrogens is 204 g/mol. The summed E-state index contributed by atoms with van der Waals surface area (Å²) in [7, 11) is 0. The molecule has 0 spiro atoms. The molecule has 1 saturated carbocycles. The molecule has 84 valence electrons. The van der Waals surface area contributed by atoms with Crippen molar-refractivity contribution in [3.05, 3.63) is 46.6 Å². The lowest BCUT2D eigenvalue weighted by atomic mass is 9.98. The van der Waals surface area contributed by atoms with Gasteiger partial charge in [-0.3, -0.25) is 14.4 Å². The van der Waals surface area contributed by atoms with Crippen LogP contribution in [0.4, 0.5) is 0 Å². The lowest BCUT2D eigenvalue weighted by Gasteiger charge is -2.04. The van der Waals surface area contributed by atoms with Gasteiger partial charge in [-0.25, -0.2) is 0 Å². The van der Waals surface area contributed by atoms with Crippen molar-refractivity contribution >= 4 is 11.6 Å². The maximum absolute atomic E-state index is 10.5. The minimum Gasteiger partial charge on any atom is -0.299 e. The van der Waals surface area contributed by atoms with Crippen LogP contribution >= 0.6 is 0 Å². The molecule has 0 aromatic heterocycles. The van der Waals surface area contributed by atoms with E-state index in [0.29, 0.717) is 12.8 Å². The van der Waals surface area contributed by atoms with Gasteiger partial charge in [-0.15, -0.1) is 0 Å². The van der Waals surface area contributed by atoms with Crippen LogP contribution in [0.2, 0.25) is 0 Å². The standard InChI is InChI=1S/C7H6O.C6H8O2/c8-7-5-3-1-2-4-6-7;7-5-2-1-3-6(8)4-5/h1-6H;1-4H2. The van der Waals surface area contributed by atoms with Gasteiger partial charge in [-0.2, -0.15) is 0 Å². The number of carbonyl (C=O) groups excluding carboxylic acids is 2. The molecule has 0 aliphatic heterocycles. The van der Waals surface area contributed by atoms with Gasteiger partial charge in [0.05, 0.1) is 6.42 Å². The lowest BCUT2D eigenvalue weighted by molar-refractivity contribution is -0.129. The number of carbonyl (C=O) groups is 2. The van der Waals surface area contributed by atoms with Crippen LogP contribution in [0.3, 0.4) is 0 Å². The van der Waals surface area contributed by atoms with Gasteiger partial charge in [0, 0.05) is 12.8 Å². The second-order valence-electron chi connectivity index (χ2n) is 3.61. The predicted molar refractivity (Wildman–Crippen MR) is 61.2 cm³/mol. The van der Waals surface area contributed by atoms with Crippen LogP contribution in [0.15, 0.2) is 41.2 Å². The number of rotatable bonds is 0. The Labute approximate surface area is 94.1 Å². The molecule has 0 unspecified atom stereocenters. The van der Waals surface area contributed by atoms with Crippen molar-refractivity contribution in [2.75, 3.05) is 0 Å². The van der Waals surface area contributed by atoms with E-state index in [0.717, 1.165) is 6.42 Å². The third-order valence-corrected chi connectivity index (χ3v) is 2.16. The molecule has 0 atom stereocenters. The highest BCUT2D eigenvalue weighted by Crippen LogP contribution is 2.09. The highest BCUT2D eigenvalue weighted by molar-refractivity contribution is 6.01. The molecule has 3 heteroatoms. The zero-order valence-corrected chi connectivity index (χ0v) is 9.02. The summed E-state index contributed by atoms with van der Waals surface area (Å²) in [6.45, 7) is 0. The predicted octanol–water partition coefficient (Wildman–Crippen LogP) is 1.75. The van der Waals surface area contributed by atoms with Crippen LogP contribution in [0.1, 0.15) is 25.7 Å². The van der Waals surface area contributed by atoms with Gasteiger partial charge in [0.1, 0.15) is 11.6 Å². The second-order valence-corrected chi connectivity index (χ2v) is 3.61. The Kier molecular flexibility index (Phi) is 5.12. The third-order valence-electron chi connectivity index (χ3n) is 2.16. The van der Waals surface area contributed by atoms with E-state index in [1.807, 2.05) is 12.1 Å². The summed E-state index contributed by atoms with van der Waals surface area (Å²) in [4.78, 5) is 31.4. The highest BCUT2D eigenvalue weighted by Gasteiger charge is 2.14. The summed E-state index contributed by atoms with van der Waals surface area (Å²) in [5.41, 5.74) is 0.0509. The maximum Gasteiger partial charge on any atom is 0.178 e. The first kappa shape index (κ1) is 12.3. The first-order valence-electron chi connectivity index (χ1n) is 5.27. The molecular formula is C13H14O3. The Morgan fingerprint density at radius 3 is 1.62 bits per heavy atom. The van der Waals surface area contributed by atoms with Crippen molar-refractivity contribution in [1.82, 2.24) is 0 Å². The molecule has 1 aliphatic carbocycles. The molecule has 1 aliphatic rings. The van der Waals surface area contributed by atoms with Crippen molar-refractivity contribution in [2.24, 2.45) is 0 Å². The molecule has 0 radical (unpaired) electrons. The normalized spacial score (nSPS) is 15.0. The van der Waals surface area contributed by atoms with Crippen molar-refractivity contribution in [3.8, 4) is 0 Å². The van der Waals surface area contributed by atoms with Gasteiger partial charge in [0.2, 0.25) is 0 Å². The number of Topliss-reactive ketones (excluding diaryl/α,β-unsaturated/α-hetero) is 2. The van der Waals surface area contributed by atoms with Crippen molar-refractivity contribution in [3.63, 3.8) is 0 Å². The van der Waals surface area contributed by atoms with Gasteiger partial charge in [-0.05, 0) is 18.6 Å².